The fourth-order valence-electron chi connectivity index (χ4n) is 4.10. The number of carbonyl (C=O) groups excluding carboxylic acids is 1. The first-order valence-electron chi connectivity index (χ1n) is 11.7. The highest BCUT2D eigenvalue weighted by molar-refractivity contribution is 14.0. The summed E-state index contributed by atoms with van der Waals surface area (Å²) in [6.45, 7) is 13.7. The predicted octanol–water partition coefficient (Wildman–Crippen LogP) is 2.75. The molecule has 8 heteroatoms. The lowest BCUT2D eigenvalue weighted by atomic mass is 10.0. The minimum atomic E-state index is 0. The maximum atomic E-state index is 12.4. The van der Waals surface area contributed by atoms with Crippen molar-refractivity contribution in [3.8, 4) is 0 Å². The van der Waals surface area contributed by atoms with Gasteiger partial charge in [-0.3, -0.25) is 14.7 Å². The van der Waals surface area contributed by atoms with E-state index >= 15 is 0 Å². The van der Waals surface area contributed by atoms with Gasteiger partial charge >= 0.3 is 0 Å². The fourth-order valence-corrected chi connectivity index (χ4v) is 4.10. The zero-order valence-corrected chi connectivity index (χ0v) is 22.9. The summed E-state index contributed by atoms with van der Waals surface area (Å²) in [7, 11) is 4.14. The molecular formula is C24H43IN6O. The lowest BCUT2D eigenvalue weighted by Crippen LogP contribution is -2.47. The monoisotopic (exact) mass is 558 g/mol. The number of nitrogens with zero attached hydrogens (tertiary/aromatic N) is 5. The van der Waals surface area contributed by atoms with Crippen molar-refractivity contribution in [3.63, 3.8) is 0 Å². The first kappa shape index (κ1) is 28.6. The molecule has 1 aromatic carbocycles. The van der Waals surface area contributed by atoms with Crippen molar-refractivity contribution in [1.29, 1.82) is 0 Å². The van der Waals surface area contributed by atoms with Crippen molar-refractivity contribution in [2.75, 3.05) is 73.0 Å². The normalized spacial score (nSPS) is 17.5. The highest BCUT2D eigenvalue weighted by atomic mass is 127. The van der Waals surface area contributed by atoms with Crippen LogP contribution in [-0.4, -0.2) is 104 Å². The molecule has 0 aromatic heterocycles. The Hall–Kier alpha value is -1.39. The number of hydrogen-bond donors (Lipinski definition) is 1. The van der Waals surface area contributed by atoms with E-state index in [9.17, 15) is 4.79 Å². The molecule has 1 heterocycles. The second-order valence-corrected chi connectivity index (χ2v) is 8.24. The molecule has 0 bridgehead atoms. The molecule has 1 atom stereocenters. The molecule has 1 amide bonds. The van der Waals surface area contributed by atoms with Crippen LogP contribution in [0.1, 0.15) is 38.8 Å². The average Bonchev–Trinajstić information content (AvgIpc) is 2.78. The molecule has 0 radical (unpaired) electrons. The van der Waals surface area contributed by atoms with Crippen molar-refractivity contribution in [2.24, 2.45) is 4.99 Å². The van der Waals surface area contributed by atoms with Gasteiger partial charge in [-0.1, -0.05) is 30.3 Å². The predicted molar refractivity (Wildman–Crippen MR) is 145 cm³/mol. The van der Waals surface area contributed by atoms with Gasteiger partial charge in [0.15, 0.2) is 5.96 Å². The van der Waals surface area contributed by atoms with Crippen LogP contribution in [0.4, 0.5) is 0 Å². The SMILES string of the molecule is CCNC(=NCCCN1CCN(C)CC1c1ccccc1)N(C)CC(=O)N(CC)CC.I. The Morgan fingerprint density at radius 3 is 2.47 bits per heavy atom. The van der Waals surface area contributed by atoms with Crippen LogP contribution in [0.25, 0.3) is 0 Å². The summed E-state index contributed by atoms with van der Waals surface area (Å²) < 4.78 is 0. The lowest BCUT2D eigenvalue weighted by molar-refractivity contribution is -0.131. The highest BCUT2D eigenvalue weighted by Crippen LogP contribution is 2.24. The molecule has 1 N–H and O–H groups in total. The Morgan fingerprint density at radius 2 is 1.84 bits per heavy atom. The van der Waals surface area contributed by atoms with Gasteiger partial charge in [-0.2, -0.15) is 0 Å². The van der Waals surface area contributed by atoms with Crippen molar-refractivity contribution in [2.45, 2.75) is 33.2 Å². The van der Waals surface area contributed by atoms with E-state index in [-0.39, 0.29) is 29.9 Å². The van der Waals surface area contributed by atoms with Gasteiger partial charge in [0, 0.05) is 65.4 Å². The number of aliphatic imine (C=N–C) groups is 1. The summed E-state index contributed by atoms with van der Waals surface area (Å²) in [5.41, 5.74) is 1.39. The number of likely N-dealkylation sites (N-methyl/N-ethyl adjacent to an activating group) is 3. The lowest BCUT2D eigenvalue weighted by Gasteiger charge is -2.40. The number of guanidine groups is 1. The number of halogens is 1. The minimum Gasteiger partial charge on any atom is -0.357 e. The number of rotatable bonds is 10. The van der Waals surface area contributed by atoms with Crippen molar-refractivity contribution < 1.29 is 4.79 Å². The van der Waals surface area contributed by atoms with Crippen LogP contribution in [0.15, 0.2) is 35.3 Å². The topological polar surface area (TPSA) is 54.4 Å². The van der Waals surface area contributed by atoms with Crippen LogP contribution in [0.5, 0.6) is 0 Å². The third kappa shape index (κ3) is 8.86. The summed E-state index contributed by atoms with van der Waals surface area (Å²) in [5, 5.41) is 3.33. The summed E-state index contributed by atoms with van der Waals surface area (Å²) in [6.07, 6.45) is 1.000. The van der Waals surface area contributed by atoms with Gasteiger partial charge in [0.2, 0.25) is 5.91 Å². The molecule has 32 heavy (non-hydrogen) atoms. The van der Waals surface area contributed by atoms with E-state index in [4.69, 9.17) is 4.99 Å². The first-order valence-corrected chi connectivity index (χ1v) is 11.7. The molecule has 1 fully saturated rings. The van der Waals surface area contributed by atoms with Gasteiger partial charge in [0.05, 0.1) is 6.54 Å². The van der Waals surface area contributed by atoms with Crippen LogP contribution in [0.2, 0.25) is 0 Å². The average molecular weight is 559 g/mol. The molecule has 1 unspecified atom stereocenters. The van der Waals surface area contributed by atoms with Crippen LogP contribution < -0.4 is 5.32 Å². The maximum Gasteiger partial charge on any atom is 0.242 e. The first-order chi connectivity index (χ1) is 15.0. The van der Waals surface area contributed by atoms with Gasteiger partial charge < -0.3 is 20.0 Å². The molecule has 7 nitrogen and oxygen atoms in total. The Kier molecular flexibility index (Phi) is 13.8. The van der Waals surface area contributed by atoms with Crippen molar-refractivity contribution in [3.05, 3.63) is 35.9 Å². The number of amides is 1. The third-order valence-corrected chi connectivity index (χ3v) is 5.93. The third-order valence-electron chi connectivity index (χ3n) is 5.93. The molecule has 1 aliphatic heterocycles. The number of benzene rings is 1. The molecule has 2 rings (SSSR count). The van der Waals surface area contributed by atoms with E-state index in [0.29, 0.717) is 12.6 Å². The second-order valence-electron chi connectivity index (χ2n) is 8.24. The molecular weight excluding hydrogens is 515 g/mol. The number of carbonyl (C=O) groups is 1. The number of piperazine rings is 1. The van der Waals surface area contributed by atoms with Crippen molar-refractivity contribution in [1.82, 2.24) is 24.9 Å². The quantitative estimate of drug-likeness (QED) is 0.207. The molecule has 1 aliphatic rings. The molecule has 0 saturated carbocycles. The van der Waals surface area contributed by atoms with E-state index in [1.54, 1.807) is 0 Å². The molecule has 1 aromatic rings. The highest BCUT2D eigenvalue weighted by Gasteiger charge is 2.26. The Morgan fingerprint density at radius 1 is 1.16 bits per heavy atom. The van der Waals surface area contributed by atoms with Crippen LogP contribution in [0.3, 0.4) is 0 Å². The summed E-state index contributed by atoms with van der Waals surface area (Å²) in [6, 6.07) is 11.3. The standard InChI is InChI=1S/C24H42N6O.HI/c1-6-25-24(28(5)20-23(31)29(7-2)8-3)26-15-12-16-30-18-17-27(4)19-22(30)21-13-10-9-11-14-21;/h9-11,13-14,22H,6-8,12,15-20H2,1-5H3,(H,25,26);1H. The molecule has 1 saturated heterocycles. The summed E-state index contributed by atoms with van der Waals surface area (Å²) in [5.74, 6) is 0.947. The number of nitrogens with one attached hydrogen (secondary N) is 1. The smallest absolute Gasteiger partial charge is 0.242 e. The van der Waals surface area contributed by atoms with E-state index in [1.165, 1.54) is 5.56 Å². The Bertz CT molecular complexity index is 682. The van der Waals surface area contributed by atoms with Crippen LogP contribution >= 0.6 is 24.0 Å². The zero-order valence-electron chi connectivity index (χ0n) is 20.6. The van der Waals surface area contributed by atoms with Crippen LogP contribution in [-0.2, 0) is 4.79 Å². The zero-order chi connectivity index (χ0) is 22.6. The van der Waals surface area contributed by atoms with Gasteiger partial charge in [-0.15, -0.1) is 24.0 Å². The fraction of sp³-hybridized carbons (Fsp3) is 0.667. The van der Waals surface area contributed by atoms with Gasteiger partial charge in [0.25, 0.3) is 0 Å². The van der Waals surface area contributed by atoms with Gasteiger partial charge in [-0.25, -0.2) is 0 Å². The van der Waals surface area contributed by atoms with E-state index in [1.807, 2.05) is 30.7 Å². The molecule has 0 spiro atoms. The Balaban J connectivity index is 0.00000512. The summed E-state index contributed by atoms with van der Waals surface area (Å²) in [4.78, 5) is 26.0. The van der Waals surface area contributed by atoms with E-state index < -0.39 is 0 Å². The molecule has 182 valence electrons. The number of hydrogen-bond acceptors (Lipinski definition) is 4. The van der Waals surface area contributed by atoms with Crippen molar-refractivity contribution >= 4 is 35.8 Å². The van der Waals surface area contributed by atoms with E-state index in [0.717, 1.165) is 64.7 Å². The van der Waals surface area contributed by atoms with E-state index in [2.05, 4.69) is 59.4 Å². The summed E-state index contributed by atoms with van der Waals surface area (Å²) >= 11 is 0. The Labute approximate surface area is 212 Å². The minimum absolute atomic E-state index is 0. The molecule has 0 aliphatic carbocycles. The largest absolute Gasteiger partial charge is 0.357 e. The van der Waals surface area contributed by atoms with Gasteiger partial charge in [-0.05, 0) is 39.8 Å². The maximum absolute atomic E-state index is 12.4. The second kappa shape index (κ2) is 15.4. The van der Waals surface area contributed by atoms with Gasteiger partial charge in [0.1, 0.15) is 0 Å². The van der Waals surface area contributed by atoms with Crippen LogP contribution in [0, 0.1) is 0 Å².